The molecule has 2 unspecified atom stereocenters. The number of hydrogen-bond acceptors (Lipinski definition) is 7. The molecular formula is C32H28F7N3O5S. The number of hydrogen-bond donors (Lipinski definition) is 1. The zero-order valence-electron chi connectivity index (χ0n) is 25.7. The van der Waals surface area contributed by atoms with Crippen LogP contribution in [0.1, 0.15) is 66.0 Å². The number of imidazole rings is 1. The highest BCUT2D eigenvalue weighted by Gasteiger charge is 2.38. The van der Waals surface area contributed by atoms with Crippen LogP contribution in [0.5, 0.6) is 5.75 Å². The van der Waals surface area contributed by atoms with Crippen LogP contribution in [0.15, 0.2) is 70.1 Å². The van der Waals surface area contributed by atoms with E-state index >= 15 is 4.39 Å². The summed E-state index contributed by atoms with van der Waals surface area (Å²) in [5.74, 6) is -2.43. The van der Waals surface area contributed by atoms with Crippen LogP contribution in [0.25, 0.3) is 16.9 Å². The van der Waals surface area contributed by atoms with Crippen molar-refractivity contribution >= 4 is 15.4 Å². The van der Waals surface area contributed by atoms with Crippen molar-refractivity contribution in [1.29, 1.82) is 0 Å². The van der Waals surface area contributed by atoms with Gasteiger partial charge in [0.05, 0.1) is 23.2 Å². The first-order chi connectivity index (χ1) is 22.3. The predicted octanol–water partition coefficient (Wildman–Crippen LogP) is 7.90. The summed E-state index contributed by atoms with van der Waals surface area (Å²) >= 11 is 0. The lowest BCUT2D eigenvalue weighted by atomic mass is 9.84. The smallest absolute Gasteiger partial charge is 0.440 e. The number of sulfone groups is 1. The molecule has 256 valence electrons. The largest absolute Gasteiger partial charge is 0.573 e. The molecule has 2 atom stereocenters. The summed E-state index contributed by atoms with van der Waals surface area (Å²) in [5, 5.41) is 9.66. The van der Waals surface area contributed by atoms with Gasteiger partial charge in [0, 0.05) is 35.4 Å². The molecule has 1 aliphatic carbocycles. The number of allylic oxidation sites excluding steroid dienone is 4. The van der Waals surface area contributed by atoms with Crippen LogP contribution in [0.3, 0.4) is 0 Å². The van der Waals surface area contributed by atoms with Crippen molar-refractivity contribution in [3.63, 3.8) is 0 Å². The Bertz CT molecular complexity index is 2010. The minimum absolute atomic E-state index is 0.000638. The van der Waals surface area contributed by atoms with Crippen molar-refractivity contribution in [1.82, 2.24) is 14.5 Å². The van der Waals surface area contributed by atoms with Crippen molar-refractivity contribution in [2.24, 2.45) is 0 Å². The van der Waals surface area contributed by atoms with Crippen LogP contribution in [-0.2, 0) is 22.6 Å². The maximum Gasteiger partial charge on any atom is 0.573 e. The van der Waals surface area contributed by atoms with Gasteiger partial charge < -0.3 is 18.8 Å². The number of aliphatic hydroxyl groups excluding tert-OH is 1. The predicted molar refractivity (Wildman–Crippen MR) is 159 cm³/mol. The van der Waals surface area contributed by atoms with E-state index in [1.165, 1.54) is 41.8 Å². The van der Waals surface area contributed by atoms with Gasteiger partial charge in [-0.1, -0.05) is 32.1 Å². The molecule has 8 nitrogen and oxygen atoms in total. The van der Waals surface area contributed by atoms with Crippen LogP contribution in [0.4, 0.5) is 30.7 Å². The highest BCUT2D eigenvalue weighted by molar-refractivity contribution is 7.90. The highest BCUT2D eigenvalue weighted by Crippen LogP contribution is 2.45. The van der Waals surface area contributed by atoms with E-state index in [4.69, 9.17) is 4.42 Å². The minimum Gasteiger partial charge on any atom is -0.440 e. The van der Waals surface area contributed by atoms with E-state index in [0.29, 0.717) is 0 Å². The monoisotopic (exact) mass is 699 g/mol. The molecule has 0 aliphatic heterocycles. The van der Waals surface area contributed by atoms with Gasteiger partial charge in [-0.2, -0.15) is 13.2 Å². The van der Waals surface area contributed by atoms with Gasteiger partial charge in [-0.15, -0.1) is 13.2 Å². The number of rotatable bonds is 8. The van der Waals surface area contributed by atoms with Crippen LogP contribution in [0.2, 0.25) is 0 Å². The summed E-state index contributed by atoms with van der Waals surface area (Å²) in [4.78, 5) is 7.90. The van der Waals surface area contributed by atoms with Crippen LogP contribution in [0, 0.1) is 12.7 Å². The zero-order valence-corrected chi connectivity index (χ0v) is 26.5. The molecule has 48 heavy (non-hydrogen) atoms. The average Bonchev–Trinajstić information content (AvgIpc) is 3.60. The average molecular weight is 700 g/mol. The summed E-state index contributed by atoms with van der Waals surface area (Å²) in [5.41, 5.74) is -0.753. The van der Waals surface area contributed by atoms with Gasteiger partial charge in [0.25, 0.3) is 0 Å². The lowest BCUT2D eigenvalue weighted by Crippen LogP contribution is -2.19. The van der Waals surface area contributed by atoms with E-state index in [9.17, 15) is 39.9 Å². The first kappa shape index (κ1) is 34.9. The Kier molecular flexibility index (Phi) is 9.11. The fourth-order valence-corrected chi connectivity index (χ4v) is 6.34. The highest BCUT2D eigenvalue weighted by atomic mass is 32.2. The van der Waals surface area contributed by atoms with Crippen LogP contribution < -0.4 is 4.74 Å². The van der Waals surface area contributed by atoms with E-state index in [0.717, 1.165) is 30.7 Å². The lowest BCUT2D eigenvalue weighted by molar-refractivity contribution is -0.274. The number of aryl methyl sites for hydroxylation is 1. The summed E-state index contributed by atoms with van der Waals surface area (Å²) < 4.78 is 131. The van der Waals surface area contributed by atoms with Gasteiger partial charge in [-0.05, 0) is 54.5 Å². The van der Waals surface area contributed by atoms with Crippen molar-refractivity contribution in [3.8, 4) is 17.1 Å². The second kappa shape index (κ2) is 12.5. The normalized spacial score (nSPS) is 17.2. The van der Waals surface area contributed by atoms with Crippen molar-refractivity contribution < 1.29 is 53.4 Å². The third kappa shape index (κ3) is 7.18. The molecule has 4 aromatic rings. The number of nitrogens with zero attached hydrogens (tertiary/aromatic N) is 3. The van der Waals surface area contributed by atoms with E-state index in [2.05, 4.69) is 14.7 Å². The van der Waals surface area contributed by atoms with Gasteiger partial charge in [0.1, 0.15) is 17.4 Å². The Labute approximate surface area is 270 Å². The molecule has 0 spiro atoms. The molecule has 16 heteroatoms. The van der Waals surface area contributed by atoms with E-state index < -0.39 is 68.7 Å². The summed E-state index contributed by atoms with van der Waals surface area (Å²) in [6.45, 7) is 4.03. The molecule has 0 radical (unpaired) electrons. The van der Waals surface area contributed by atoms with Crippen molar-refractivity contribution in [2.75, 3.05) is 6.26 Å². The molecule has 5 rings (SSSR count). The Balaban J connectivity index is 1.72. The molecule has 2 aromatic carbocycles. The molecule has 0 saturated heterocycles. The van der Waals surface area contributed by atoms with Gasteiger partial charge in [-0.25, -0.2) is 22.8 Å². The topological polar surface area (TPSA) is 107 Å². The van der Waals surface area contributed by atoms with E-state index in [-0.39, 0.29) is 45.8 Å². The minimum atomic E-state index is -4.93. The molecule has 0 bridgehead atoms. The van der Waals surface area contributed by atoms with Gasteiger partial charge in [0.2, 0.25) is 0 Å². The first-order valence-electron chi connectivity index (χ1n) is 14.3. The summed E-state index contributed by atoms with van der Waals surface area (Å²) in [6, 6.07) is 6.03. The maximum atomic E-state index is 15.1. The second-order valence-electron chi connectivity index (χ2n) is 11.4. The number of halogens is 7. The third-order valence-electron chi connectivity index (χ3n) is 7.60. The Hall–Kier alpha value is -4.44. The quantitative estimate of drug-likeness (QED) is 0.186. The third-order valence-corrected chi connectivity index (χ3v) is 8.77. The molecular weight excluding hydrogens is 671 g/mol. The van der Waals surface area contributed by atoms with Gasteiger partial charge in [0.15, 0.2) is 27.2 Å². The maximum absolute atomic E-state index is 15.1. The number of benzene rings is 2. The fourth-order valence-electron chi connectivity index (χ4n) is 5.39. The number of ether oxygens (including phenoxy) is 1. The van der Waals surface area contributed by atoms with E-state index in [1.54, 1.807) is 19.9 Å². The number of aromatic nitrogens is 3. The van der Waals surface area contributed by atoms with Gasteiger partial charge in [-0.3, -0.25) is 0 Å². The lowest BCUT2D eigenvalue weighted by Gasteiger charge is -2.28. The number of aliphatic hydroxyl groups is 1. The van der Waals surface area contributed by atoms with Crippen LogP contribution >= 0.6 is 0 Å². The second-order valence-corrected chi connectivity index (χ2v) is 13.4. The Morgan fingerprint density at radius 2 is 1.71 bits per heavy atom. The zero-order chi connectivity index (χ0) is 35.3. The Morgan fingerprint density at radius 1 is 1.04 bits per heavy atom. The molecule has 1 aliphatic rings. The first-order valence-corrected chi connectivity index (χ1v) is 16.2. The molecule has 1 N–H and O–H groups in total. The molecule has 0 amide bonds. The summed E-state index contributed by atoms with van der Waals surface area (Å²) in [7, 11) is -4.01. The number of alkyl halides is 6. The fraction of sp³-hybridized carbons (Fsp3) is 0.312. The Morgan fingerprint density at radius 3 is 2.25 bits per heavy atom. The number of oxazole rings is 1. The van der Waals surface area contributed by atoms with Crippen LogP contribution in [-0.4, -0.2) is 40.7 Å². The molecule has 2 aromatic heterocycles. The molecule has 2 heterocycles. The summed E-state index contributed by atoms with van der Waals surface area (Å²) in [6.07, 6.45) is -3.43. The van der Waals surface area contributed by atoms with Gasteiger partial charge >= 0.3 is 12.5 Å². The standard InChI is InChI=1S/C32H28F7N3O5S/c1-16(2)30-41-28(29(46-30)18-5-8-21(9-6-18)47-32(37,38)39)22-11-19(20-12-24(33)23(15-43)26(13-20)48(4,44)45)7-10-25(22)42-14-27(31(34,35)36)40-17(42)3/h5-14,16,22,25,43H,15H2,1-4H3. The SMILES string of the molecule is Cc1nc(C(F)(F)F)cn1C1C=CC(c2cc(F)c(CO)c(S(C)(=O)=O)c2)=CC1c1nc(C(C)C)oc1-c1ccc(OC(F)(F)F)cc1. The van der Waals surface area contributed by atoms with E-state index in [1.807, 2.05) is 0 Å². The molecule has 0 fully saturated rings. The molecule has 0 saturated carbocycles. The van der Waals surface area contributed by atoms with Crippen molar-refractivity contribution in [2.45, 2.75) is 62.7 Å². The van der Waals surface area contributed by atoms with Crippen molar-refractivity contribution in [3.05, 3.63) is 101 Å².